The lowest BCUT2D eigenvalue weighted by Crippen LogP contribution is -2.26. The van der Waals surface area contributed by atoms with Crippen molar-refractivity contribution in [3.63, 3.8) is 0 Å². The van der Waals surface area contributed by atoms with Crippen molar-refractivity contribution in [2.24, 2.45) is 0 Å². The molecule has 3 aromatic heterocycles. The molecule has 156 valence electrons. The third kappa shape index (κ3) is 3.51. The fourth-order valence-electron chi connectivity index (χ4n) is 4.57. The molecule has 1 saturated heterocycles. The Morgan fingerprint density at radius 1 is 0.903 bits per heavy atom. The van der Waals surface area contributed by atoms with Gasteiger partial charge in [0.25, 0.3) is 0 Å². The number of imidazole rings is 1. The Hall–Kier alpha value is -3.12. The van der Waals surface area contributed by atoms with Crippen LogP contribution in [0.5, 0.6) is 0 Å². The van der Waals surface area contributed by atoms with Crippen LogP contribution in [-0.4, -0.2) is 32.4 Å². The van der Waals surface area contributed by atoms with Crippen LogP contribution >= 0.6 is 0 Å². The molecule has 0 atom stereocenters. The molecular formula is C25H24FN5. The van der Waals surface area contributed by atoms with Gasteiger partial charge in [0.1, 0.15) is 17.3 Å². The van der Waals surface area contributed by atoms with Gasteiger partial charge < -0.3 is 5.32 Å². The summed E-state index contributed by atoms with van der Waals surface area (Å²) < 4.78 is 15.7. The van der Waals surface area contributed by atoms with Gasteiger partial charge in [-0.2, -0.15) is 0 Å². The number of benzene rings is 1. The third-order valence-corrected chi connectivity index (χ3v) is 6.44. The van der Waals surface area contributed by atoms with Crippen LogP contribution in [0.4, 0.5) is 4.39 Å². The fraction of sp³-hybridized carbons (Fsp3) is 0.320. The predicted molar refractivity (Wildman–Crippen MR) is 118 cm³/mol. The van der Waals surface area contributed by atoms with E-state index < -0.39 is 0 Å². The molecule has 1 saturated carbocycles. The first-order valence-corrected chi connectivity index (χ1v) is 11.1. The lowest BCUT2D eigenvalue weighted by atomic mass is 9.91. The van der Waals surface area contributed by atoms with Gasteiger partial charge in [0, 0.05) is 23.9 Å². The number of halogens is 1. The summed E-state index contributed by atoms with van der Waals surface area (Å²) in [6.07, 6.45) is 8.55. The summed E-state index contributed by atoms with van der Waals surface area (Å²) in [6, 6.07) is 12.9. The Balaban J connectivity index is 1.52. The van der Waals surface area contributed by atoms with E-state index in [1.807, 2.05) is 12.3 Å². The summed E-state index contributed by atoms with van der Waals surface area (Å²) in [4.78, 5) is 14.4. The molecule has 2 fully saturated rings. The molecule has 1 aromatic carbocycles. The molecule has 6 rings (SSSR count). The van der Waals surface area contributed by atoms with E-state index >= 15 is 0 Å². The summed E-state index contributed by atoms with van der Waals surface area (Å²) in [5.74, 6) is 1.69. The zero-order valence-corrected chi connectivity index (χ0v) is 17.3. The lowest BCUT2D eigenvalue weighted by molar-refractivity contribution is 0.460. The van der Waals surface area contributed by atoms with Gasteiger partial charge in [-0.25, -0.2) is 19.3 Å². The maximum Gasteiger partial charge on any atom is 0.138 e. The summed E-state index contributed by atoms with van der Waals surface area (Å²) in [6.45, 7) is 2.11. The second-order valence-corrected chi connectivity index (χ2v) is 8.60. The number of nitrogens with one attached hydrogen (secondary N) is 1. The molecular weight excluding hydrogens is 389 g/mol. The van der Waals surface area contributed by atoms with Gasteiger partial charge in [0.15, 0.2) is 0 Å². The van der Waals surface area contributed by atoms with Crippen LogP contribution in [0.3, 0.4) is 0 Å². The number of nitrogens with zero attached hydrogens (tertiary/aromatic N) is 4. The number of piperidine rings is 1. The quantitative estimate of drug-likeness (QED) is 0.515. The van der Waals surface area contributed by atoms with E-state index in [2.05, 4.69) is 33.0 Å². The van der Waals surface area contributed by atoms with Gasteiger partial charge in [-0.1, -0.05) is 0 Å². The normalized spacial score (nSPS) is 17.3. The van der Waals surface area contributed by atoms with Crippen molar-refractivity contribution >= 4 is 5.65 Å². The Labute approximate surface area is 180 Å². The van der Waals surface area contributed by atoms with Crippen LogP contribution < -0.4 is 5.32 Å². The van der Waals surface area contributed by atoms with Crippen molar-refractivity contribution in [1.82, 2.24) is 24.7 Å². The maximum atomic E-state index is 13.6. The standard InChI is InChI=1S/C25H24FN5/c26-20-5-3-17(4-6-20)23-24(21-9-13-28-25(29-21)18-1-2-18)31-14-10-19(15-22(31)30-23)16-7-11-27-12-8-16/h3-6,9-10,13-16,18,27H,1-2,7-8,11-12H2. The Morgan fingerprint density at radius 2 is 1.71 bits per heavy atom. The van der Waals surface area contributed by atoms with E-state index in [9.17, 15) is 4.39 Å². The molecule has 31 heavy (non-hydrogen) atoms. The van der Waals surface area contributed by atoms with Gasteiger partial charge in [0.2, 0.25) is 0 Å². The minimum absolute atomic E-state index is 0.250. The second-order valence-electron chi connectivity index (χ2n) is 8.60. The third-order valence-electron chi connectivity index (χ3n) is 6.44. The second kappa shape index (κ2) is 7.54. The van der Waals surface area contributed by atoms with E-state index in [0.29, 0.717) is 11.8 Å². The Bertz CT molecular complexity index is 1240. The largest absolute Gasteiger partial charge is 0.317 e. The molecule has 1 N–H and O–H groups in total. The van der Waals surface area contributed by atoms with Gasteiger partial charge in [-0.15, -0.1) is 0 Å². The van der Waals surface area contributed by atoms with E-state index in [1.54, 1.807) is 12.1 Å². The number of pyridine rings is 1. The molecule has 0 radical (unpaired) electrons. The minimum Gasteiger partial charge on any atom is -0.317 e. The van der Waals surface area contributed by atoms with E-state index in [4.69, 9.17) is 9.97 Å². The highest BCUT2D eigenvalue weighted by Crippen LogP contribution is 2.39. The van der Waals surface area contributed by atoms with Gasteiger partial charge in [0.05, 0.1) is 17.1 Å². The van der Waals surface area contributed by atoms with Crippen LogP contribution in [0.25, 0.3) is 28.3 Å². The molecule has 0 unspecified atom stereocenters. The number of hydrogen-bond donors (Lipinski definition) is 1. The molecule has 1 aliphatic carbocycles. The van der Waals surface area contributed by atoms with E-state index in [0.717, 1.165) is 72.9 Å². The summed E-state index contributed by atoms with van der Waals surface area (Å²) in [5, 5.41) is 3.44. The minimum atomic E-state index is -0.250. The predicted octanol–water partition coefficient (Wildman–Crippen LogP) is 4.94. The smallest absolute Gasteiger partial charge is 0.138 e. The SMILES string of the molecule is Fc1ccc(-c2nc3cc(C4CCNCC4)ccn3c2-c2ccnc(C3CC3)n2)cc1. The first-order valence-electron chi connectivity index (χ1n) is 11.1. The van der Waals surface area contributed by atoms with E-state index in [1.165, 1.54) is 17.7 Å². The fourth-order valence-corrected chi connectivity index (χ4v) is 4.57. The zero-order valence-electron chi connectivity index (χ0n) is 17.3. The molecule has 1 aliphatic heterocycles. The van der Waals surface area contributed by atoms with Crippen molar-refractivity contribution in [1.29, 1.82) is 0 Å². The van der Waals surface area contributed by atoms with Crippen molar-refractivity contribution in [2.45, 2.75) is 37.5 Å². The first kappa shape index (κ1) is 18.6. The van der Waals surface area contributed by atoms with Crippen LogP contribution in [-0.2, 0) is 0 Å². The molecule has 4 heterocycles. The number of hydrogen-bond acceptors (Lipinski definition) is 4. The van der Waals surface area contributed by atoms with Crippen LogP contribution in [0.15, 0.2) is 54.9 Å². The van der Waals surface area contributed by atoms with Crippen LogP contribution in [0, 0.1) is 5.82 Å². The topological polar surface area (TPSA) is 55.1 Å². The average molecular weight is 414 g/mol. The average Bonchev–Trinajstić information content (AvgIpc) is 3.60. The molecule has 6 heteroatoms. The van der Waals surface area contributed by atoms with Gasteiger partial charge in [-0.05, 0) is 92.7 Å². The monoisotopic (exact) mass is 413 g/mol. The van der Waals surface area contributed by atoms with Gasteiger partial charge in [-0.3, -0.25) is 4.40 Å². The van der Waals surface area contributed by atoms with E-state index in [-0.39, 0.29) is 5.82 Å². The lowest BCUT2D eigenvalue weighted by Gasteiger charge is -2.23. The van der Waals surface area contributed by atoms with Crippen molar-refractivity contribution in [3.05, 3.63) is 72.1 Å². The summed E-state index contributed by atoms with van der Waals surface area (Å²) in [7, 11) is 0. The van der Waals surface area contributed by atoms with Crippen molar-refractivity contribution in [3.8, 4) is 22.6 Å². The number of rotatable bonds is 4. The first-order chi connectivity index (χ1) is 15.3. The van der Waals surface area contributed by atoms with Crippen molar-refractivity contribution in [2.75, 3.05) is 13.1 Å². The summed E-state index contributed by atoms with van der Waals surface area (Å²) in [5.41, 5.74) is 5.73. The van der Waals surface area contributed by atoms with Crippen LogP contribution in [0.2, 0.25) is 0 Å². The number of fused-ring (bicyclic) bond motifs is 1. The highest BCUT2D eigenvalue weighted by Gasteiger charge is 2.27. The highest BCUT2D eigenvalue weighted by atomic mass is 19.1. The molecule has 2 aliphatic rings. The summed E-state index contributed by atoms with van der Waals surface area (Å²) >= 11 is 0. The molecule has 4 aromatic rings. The highest BCUT2D eigenvalue weighted by molar-refractivity contribution is 5.80. The molecule has 0 bridgehead atoms. The van der Waals surface area contributed by atoms with Crippen LogP contribution in [0.1, 0.15) is 48.9 Å². The molecule has 0 spiro atoms. The molecule has 5 nitrogen and oxygen atoms in total. The van der Waals surface area contributed by atoms with Crippen molar-refractivity contribution < 1.29 is 4.39 Å². The zero-order chi connectivity index (χ0) is 20.8. The van der Waals surface area contributed by atoms with Gasteiger partial charge >= 0.3 is 0 Å². The molecule has 0 amide bonds. The Kier molecular flexibility index (Phi) is 4.53. The number of aromatic nitrogens is 4. The maximum absolute atomic E-state index is 13.6. The Morgan fingerprint density at radius 3 is 2.48 bits per heavy atom.